The second-order valence-corrected chi connectivity index (χ2v) is 2.05. The topological polar surface area (TPSA) is 43.4 Å². The molecule has 62 valence electrons. The average molecular weight is 156 g/mol. The smallest absolute Gasteiger partial charge is 0.345 e. The highest BCUT2D eigenvalue weighted by atomic mass is 16.5. The first-order valence-electron chi connectivity index (χ1n) is 3.67. The molecule has 3 heteroatoms. The first kappa shape index (κ1) is 9.92. The van der Waals surface area contributed by atoms with Gasteiger partial charge in [0.05, 0.1) is 6.61 Å². The quantitative estimate of drug-likeness (QED) is 0.348. The van der Waals surface area contributed by atoms with E-state index < -0.39 is 5.97 Å². The normalized spacial score (nSPS) is 8.55. The van der Waals surface area contributed by atoms with Crippen molar-refractivity contribution in [1.82, 2.24) is 0 Å². The van der Waals surface area contributed by atoms with Crippen molar-refractivity contribution in [3.8, 4) is 0 Å². The van der Waals surface area contributed by atoms with Gasteiger partial charge in [0.15, 0.2) is 0 Å². The van der Waals surface area contributed by atoms with Gasteiger partial charge in [-0.15, -0.1) is 0 Å². The third kappa shape index (κ3) is 3.58. The fourth-order valence-corrected chi connectivity index (χ4v) is 0.663. The molecule has 0 saturated carbocycles. The van der Waals surface area contributed by atoms with Gasteiger partial charge >= 0.3 is 5.97 Å². The maximum absolute atomic E-state index is 10.8. The Bertz CT molecular complexity index is 178. The third-order valence-corrected chi connectivity index (χ3v) is 1.15. The Labute approximate surface area is 66.0 Å². The van der Waals surface area contributed by atoms with E-state index >= 15 is 0 Å². The minimum Gasteiger partial charge on any atom is -0.462 e. The lowest BCUT2D eigenvalue weighted by atomic mass is 10.2. The molecule has 0 aromatic heterocycles. The van der Waals surface area contributed by atoms with Gasteiger partial charge < -0.3 is 4.74 Å². The molecule has 0 unspecified atom stereocenters. The molecule has 0 aromatic carbocycles. The second kappa shape index (κ2) is 5.69. The zero-order valence-electron chi connectivity index (χ0n) is 6.85. The summed E-state index contributed by atoms with van der Waals surface area (Å²) >= 11 is 0. The van der Waals surface area contributed by atoms with Crippen LogP contribution in [0.15, 0.2) is 5.57 Å². The zero-order chi connectivity index (χ0) is 8.69. The van der Waals surface area contributed by atoms with Crippen LogP contribution in [0.25, 0.3) is 0 Å². The van der Waals surface area contributed by atoms with Gasteiger partial charge in [0.1, 0.15) is 11.5 Å². The van der Waals surface area contributed by atoms with Crippen molar-refractivity contribution in [2.24, 2.45) is 0 Å². The molecule has 3 nitrogen and oxygen atoms in total. The first-order chi connectivity index (χ1) is 5.26. The van der Waals surface area contributed by atoms with E-state index in [2.05, 4.69) is 4.74 Å². The molecule has 0 aromatic rings. The van der Waals surface area contributed by atoms with Crippen LogP contribution in [0, 0.1) is 0 Å². The predicted octanol–water partition coefficient (Wildman–Crippen LogP) is 1.11. The van der Waals surface area contributed by atoms with Gasteiger partial charge in [-0.25, -0.2) is 9.59 Å². The summed E-state index contributed by atoms with van der Waals surface area (Å²) in [5, 5.41) is 0. The lowest BCUT2D eigenvalue weighted by Crippen LogP contribution is -2.07. The van der Waals surface area contributed by atoms with E-state index in [1.807, 2.05) is 6.92 Å². The minimum atomic E-state index is -0.538. The first-order valence-corrected chi connectivity index (χ1v) is 3.67. The van der Waals surface area contributed by atoms with Gasteiger partial charge in [-0.3, -0.25) is 0 Å². The maximum atomic E-state index is 10.8. The van der Waals surface area contributed by atoms with E-state index in [0.29, 0.717) is 13.0 Å². The molecule has 0 rings (SSSR count). The van der Waals surface area contributed by atoms with Crippen LogP contribution in [-0.2, 0) is 14.3 Å². The number of hydrogen-bond acceptors (Lipinski definition) is 3. The summed E-state index contributed by atoms with van der Waals surface area (Å²) in [7, 11) is 0. The molecule has 0 aliphatic heterocycles. The molecule has 0 bridgehead atoms. The summed E-state index contributed by atoms with van der Waals surface area (Å²) in [6.07, 6.45) is 1.20. The zero-order valence-corrected chi connectivity index (χ0v) is 6.85. The fourth-order valence-electron chi connectivity index (χ4n) is 0.663. The van der Waals surface area contributed by atoms with E-state index in [1.165, 1.54) is 0 Å². The highest BCUT2D eigenvalue weighted by Crippen LogP contribution is 2.02. The maximum Gasteiger partial charge on any atom is 0.345 e. The van der Waals surface area contributed by atoms with Gasteiger partial charge in [0.25, 0.3) is 0 Å². The van der Waals surface area contributed by atoms with Crippen molar-refractivity contribution >= 4 is 11.9 Å². The Hall–Kier alpha value is -1.08. The monoisotopic (exact) mass is 156 g/mol. The number of ether oxygens (including phenoxy) is 1. The van der Waals surface area contributed by atoms with Crippen LogP contribution >= 0.6 is 0 Å². The van der Waals surface area contributed by atoms with E-state index in [4.69, 9.17) is 0 Å². The summed E-state index contributed by atoms with van der Waals surface area (Å²) in [5.74, 6) is 1.04. The Morgan fingerprint density at radius 3 is 2.45 bits per heavy atom. The minimum absolute atomic E-state index is 0.106. The molecule has 0 heterocycles. The molecule has 0 aliphatic rings. The van der Waals surface area contributed by atoms with Gasteiger partial charge in [-0.2, -0.15) is 0 Å². The number of rotatable bonds is 4. The van der Waals surface area contributed by atoms with Crippen LogP contribution < -0.4 is 0 Å². The molecular formula is C8H12O3. The van der Waals surface area contributed by atoms with Crippen LogP contribution in [0.5, 0.6) is 0 Å². The molecule has 0 atom stereocenters. The van der Waals surface area contributed by atoms with E-state index in [1.54, 1.807) is 12.9 Å². The Kier molecular flexibility index (Phi) is 5.13. The van der Waals surface area contributed by atoms with Crippen molar-refractivity contribution in [3.63, 3.8) is 0 Å². The van der Waals surface area contributed by atoms with Crippen molar-refractivity contribution in [2.75, 3.05) is 6.61 Å². The van der Waals surface area contributed by atoms with Crippen LogP contribution in [0.1, 0.15) is 26.7 Å². The highest BCUT2D eigenvalue weighted by molar-refractivity contribution is 5.96. The van der Waals surface area contributed by atoms with E-state index in [9.17, 15) is 9.59 Å². The molecule has 11 heavy (non-hydrogen) atoms. The lowest BCUT2D eigenvalue weighted by Gasteiger charge is -1.99. The Morgan fingerprint density at radius 2 is 2.09 bits per heavy atom. The Morgan fingerprint density at radius 1 is 1.45 bits per heavy atom. The van der Waals surface area contributed by atoms with E-state index in [-0.39, 0.29) is 5.57 Å². The standard InChI is InChI=1S/C8H12O3/c1-3-5-7(6-9)8(10)11-4-2/h3-5H2,1-2H3. The van der Waals surface area contributed by atoms with Gasteiger partial charge in [0.2, 0.25) is 0 Å². The fraction of sp³-hybridized carbons (Fsp3) is 0.625. The average Bonchev–Trinajstić information content (AvgIpc) is 2.00. The number of carbonyl (C=O) groups is 1. The van der Waals surface area contributed by atoms with Crippen LogP contribution in [0.3, 0.4) is 0 Å². The van der Waals surface area contributed by atoms with E-state index in [0.717, 1.165) is 6.42 Å². The third-order valence-electron chi connectivity index (χ3n) is 1.15. The summed E-state index contributed by atoms with van der Waals surface area (Å²) in [6, 6.07) is 0. The molecule has 0 aliphatic carbocycles. The predicted molar refractivity (Wildman–Crippen MR) is 40.7 cm³/mol. The van der Waals surface area contributed by atoms with Crippen molar-refractivity contribution in [2.45, 2.75) is 26.7 Å². The number of esters is 1. The molecule has 0 amide bonds. The molecule has 0 radical (unpaired) electrons. The molecule has 0 saturated heterocycles. The van der Waals surface area contributed by atoms with Crippen molar-refractivity contribution in [1.29, 1.82) is 0 Å². The summed E-state index contributed by atoms with van der Waals surface area (Å²) in [4.78, 5) is 21.0. The van der Waals surface area contributed by atoms with Gasteiger partial charge in [-0.05, 0) is 13.3 Å². The number of carbonyl (C=O) groups excluding carboxylic acids is 2. The highest BCUT2D eigenvalue weighted by Gasteiger charge is 2.09. The van der Waals surface area contributed by atoms with Crippen LogP contribution in [0.2, 0.25) is 0 Å². The summed E-state index contributed by atoms with van der Waals surface area (Å²) in [6.45, 7) is 3.89. The molecule has 0 N–H and O–H groups in total. The Balaban J connectivity index is 4.05. The molecule has 0 spiro atoms. The SMILES string of the molecule is CCCC(=C=O)C(=O)OCC. The largest absolute Gasteiger partial charge is 0.462 e. The summed E-state index contributed by atoms with van der Waals surface area (Å²) < 4.78 is 4.61. The van der Waals surface area contributed by atoms with Crippen molar-refractivity contribution < 1.29 is 14.3 Å². The van der Waals surface area contributed by atoms with Gasteiger partial charge in [-0.1, -0.05) is 13.3 Å². The second-order valence-electron chi connectivity index (χ2n) is 2.05. The number of hydrogen-bond donors (Lipinski definition) is 0. The van der Waals surface area contributed by atoms with Crippen LogP contribution in [-0.4, -0.2) is 18.5 Å². The molecule has 0 fully saturated rings. The van der Waals surface area contributed by atoms with Crippen LogP contribution in [0.4, 0.5) is 0 Å². The van der Waals surface area contributed by atoms with Gasteiger partial charge in [0, 0.05) is 0 Å². The van der Waals surface area contributed by atoms with Crippen molar-refractivity contribution in [3.05, 3.63) is 5.57 Å². The lowest BCUT2D eigenvalue weighted by molar-refractivity contribution is -0.138. The summed E-state index contributed by atoms with van der Waals surface area (Å²) in [5.41, 5.74) is 0.106. The molecular weight excluding hydrogens is 144 g/mol.